The van der Waals surface area contributed by atoms with E-state index in [2.05, 4.69) is 13.8 Å². The standard InChI is InChI=1S/2C15H22O2.Ca/c2*1-2-3-4-5-6-7-8-13-9-11-14(12-10-13)15(16)17;/h2*9-12H,2-8H2,1H3,(H,16,17);/q;;+2/p-2. The largest absolute Gasteiger partial charge is 2.00 e. The zero-order valence-electron chi connectivity index (χ0n) is 21.9. The summed E-state index contributed by atoms with van der Waals surface area (Å²) in [6, 6.07) is 14.1. The van der Waals surface area contributed by atoms with Crippen LogP contribution in [0.25, 0.3) is 0 Å². The third kappa shape index (κ3) is 16.9. The summed E-state index contributed by atoms with van der Waals surface area (Å²) < 4.78 is 0. The number of carbonyl (C=O) groups excluding carboxylic acids is 2. The maximum Gasteiger partial charge on any atom is 2.00 e. The van der Waals surface area contributed by atoms with Gasteiger partial charge in [0.15, 0.2) is 0 Å². The predicted molar refractivity (Wildman–Crippen MR) is 141 cm³/mol. The second-order valence-electron chi connectivity index (χ2n) is 9.00. The molecule has 0 aliphatic rings. The van der Waals surface area contributed by atoms with Crippen LogP contribution in [0.1, 0.15) is 123 Å². The van der Waals surface area contributed by atoms with Gasteiger partial charge in [-0.2, -0.15) is 0 Å². The van der Waals surface area contributed by atoms with Crippen LogP contribution in [0.5, 0.6) is 0 Å². The molecule has 0 aliphatic heterocycles. The first-order valence-corrected chi connectivity index (χ1v) is 13.1. The van der Waals surface area contributed by atoms with Crippen LogP contribution in [0.4, 0.5) is 0 Å². The molecule has 0 saturated carbocycles. The van der Waals surface area contributed by atoms with Crippen LogP contribution >= 0.6 is 0 Å². The molecule has 0 unspecified atom stereocenters. The smallest absolute Gasteiger partial charge is 0.545 e. The molecular formula is C30H42CaO4. The Morgan fingerprint density at radius 1 is 0.514 bits per heavy atom. The number of aromatic carboxylic acids is 2. The van der Waals surface area contributed by atoms with E-state index in [1.54, 1.807) is 24.3 Å². The van der Waals surface area contributed by atoms with Crippen LogP contribution in [0.2, 0.25) is 0 Å². The molecule has 0 heterocycles. The van der Waals surface area contributed by atoms with Gasteiger partial charge in [0.2, 0.25) is 0 Å². The normalized spacial score (nSPS) is 10.1. The van der Waals surface area contributed by atoms with Crippen LogP contribution in [-0.2, 0) is 12.8 Å². The quantitative estimate of drug-likeness (QED) is 0.222. The van der Waals surface area contributed by atoms with E-state index in [1.807, 2.05) is 24.3 Å². The third-order valence-electron chi connectivity index (χ3n) is 6.02. The fourth-order valence-corrected chi connectivity index (χ4v) is 3.83. The second kappa shape index (κ2) is 21.9. The Hall–Kier alpha value is -1.36. The molecule has 0 amide bonds. The minimum Gasteiger partial charge on any atom is -0.545 e. The van der Waals surface area contributed by atoms with Gasteiger partial charge in [-0.15, -0.1) is 0 Å². The van der Waals surface area contributed by atoms with E-state index in [4.69, 9.17) is 0 Å². The molecule has 0 spiro atoms. The summed E-state index contributed by atoms with van der Waals surface area (Å²) in [4.78, 5) is 21.1. The Morgan fingerprint density at radius 3 is 1.09 bits per heavy atom. The van der Waals surface area contributed by atoms with Crippen molar-refractivity contribution in [2.45, 2.75) is 104 Å². The molecule has 188 valence electrons. The van der Waals surface area contributed by atoms with Gasteiger partial charge in [-0.1, -0.05) is 127 Å². The maximum atomic E-state index is 10.6. The van der Waals surface area contributed by atoms with Crippen molar-refractivity contribution in [3.63, 3.8) is 0 Å². The first-order valence-electron chi connectivity index (χ1n) is 13.1. The van der Waals surface area contributed by atoms with Gasteiger partial charge in [0, 0.05) is 0 Å². The average Bonchev–Trinajstić information content (AvgIpc) is 2.84. The fraction of sp³-hybridized carbons (Fsp3) is 0.533. The monoisotopic (exact) mass is 506 g/mol. The number of carboxylic acids is 2. The molecule has 2 aromatic rings. The van der Waals surface area contributed by atoms with E-state index in [1.165, 1.54) is 88.2 Å². The molecule has 0 fully saturated rings. The molecular weight excluding hydrogens is 464 g/mol. The van der Waals surface area contributed by atoms with E-state index < -0.39 is 11.9 Å². The number of rotatable bonds is 16. The average molecular weight is 507 g/mol. The van der Waals surface area contributed by atoms with E-state index in [-0.39, 0.29) is 48.9 Å². The minimum atomic E-state index is -1.10. The molecule has 0 saturated heterocycles. The number of aryl methyl sites for hydroxylation is 2. The fourth-order valence-electron chi connectivity index (χ4n) is 3.83. The van der Waals surface area contributed by atoms with Gasteiger partial charge in [-0.05, 0) is 47.9 Å². The van der Waals surface area contributed by atoms with Gasteiger partial charge in [0.05, 0.1) is 11.9 Å². The maximum absolute atomic E-state index is 10.6. The van der Waals surface area contributed by atoms with Gasteiger partial charge in [0.1, 0.15) is 0 Å². The zero-order valence-corrected chi connectivity index (χ0v) is 24.1. The molecule has 0 N–H and O–H groups in total. The first kappa shape index (κ1) is 33.6. The van der Waals surface area contributed by atoms with Crippen LogP contribution in [0, 0.1) is 0 Å². The van der Waals surface area contributed by atoms with Crippen LogP contribution in [-0.4, -0.2) is 49.7 Å². The topological polar surface area (TPSA) is 80.3 Å². The molecule has 0 aromatic heterocycles. The van der Waals surface area contributed by atoms with Crippen molar-refractivity contribution in [3.8, 4) is 0 Å². The molecule has 35 heavy (non-hydrogen) atoms. The SMILES string of the molecule is CCCCCCCCc1ccc(C(=O)[O-])cc1.CCCCCCCCc1ccc(C(=O)[O-])cc1.[Ca+2]. The summed E-state index contributed by atoms with van der Waals surface area (Å²) in [5, 5.41) is 21.1. The molecule has 0 bridgehead atoms. The Balaban J connectivity index is 0.000000642. The van der Waals surface area contributed by atoms with Crippen LogP contribution < -0.4 is 10.2 Å². The van der Waals surface area contributed by atoms with Crippen molar-refractivity contribution < 1.29 is 19.8 Å². The van der Waals surface area contributed by atoms with E-state index >= 15 is 0 Å². The summed E-state index contributed by atoms with van der Waals surface area (Å²) >= 11 is 0. The minimum absolute atomic E-state index is 0. The summed E-state index contributed by atoms with van der Waals surface area (Å²) in [5.41, 5.74) is 2.95. The molecule has 2 aromatic carbocycles. The number of hydrogen-bond donors (Lipinski definition) is 0. The summed E-state index contributed by atoms with van der Waals surface area (Å²) in [5.74, 6) is -2.20. The number of unbranched alkanes of at least 4 members (excludes halogenated alkanes) is 10. The van der Waals surface area contributed by atoms with Crippen molar-refractivity contribution in [2.75, 3.05) is 0 Å². The molecule has 2 rings (SSSR count). The van der Waals surface area contributed by atoms with Crippen molar-refractivity contribution in [1.82, 2.24) is 0 Å². The van der Waals surface area contributed by atoms with Crippen LogP contribution in [0.15, 0.2) is 48.5 Å². The van der Waals surface area contributed by atoms with E-state index in [9.17, 15) is 19.8 Å². The van der Waals surface area contributed by atoms with Crippen molar-refractivity contribution in [3.05, 3.63) is 70.8 Å². The van der Waals surface area contributed by atoms with Gasteiger partial charge in [-0.25, -0.2) is 0 Å². The van der Waals surface area contributed by atoms with Gasteiger partial charge >= 0.3 is 37.7 Å². The van der Waals surface area contributed by atoms with Crippen molar-refractivity contribution in [2.24, 2.45) is 0 Å². The van der Waals surface area contributed by atoms with E-state index in [0.29, 0.717) is 0 Å². The zero-order chi connectivity index (χ0) is 25.0. The number of hydrogen-bond acceptors (Lipinski definition) is 4. The van der Waals surface area contributed by atoms with Gasteiger partial charge in [0.25, 0.3) is 0 Å². The Labute approximate surface area is 242 Å². The Kier molecular flexibility index (Phi) is 21.0. The summed E-state index contributed by atoms with van der Waals surface area (Å²) in [7, 11) is 0. The summed E-state index contributed by atoms with van der Waals surface area (Å²) in [6.07, 6.45) is 17.5. The van der Waals surface area contributed by atoms with Crippen molar-refractivity contribution >= 4 is 49.7 Å². The number of carbonyl (C=O) groups is 2. The van der Waals surface area contributed by atoms with Gasteiger partial charge in [-0.3, -0.25) is 0 Å². The van der Waals surface area contributed by atoms with E-state index in [0.717, 1.165) is 12.8 Å². The number of benzene rings is 2. The molecule has 0 atom stereocenters. The molecule has 0 radical (unpaired) electrons. The summed E-state index contributed by atoms with van der Waals surface area (Å²) in [6.45, 7) is 4.44. The number of carboxylic acid groups (broad SMARTS) is 2. The molecule has 0 aliphatic carbocycles. The van der Waals surface area contributed by atoms with Crippen LogP contribution in [0.3, 0.4) is 0 Å². The second-order valence-corrected chi connectivity index (χ2v) is 9.00. The predicted octanol–water partition coefficient (Wildman–Crippen LogP) is 5.53. The molecule has 4 nitrogen and oxygen atoms in total. The van der Waals surface area contributed by atoms with Crippen molar-refractivity contribution in [1.29, 1.82) is 0 Å². The van der Waals surface area contributed by atoms with Gasteiger partial charge < -0.3 is 19.8 Å². The molecule has 5 heteroatoms. The first-order chi connectivity index (χ1) is 16.5. The third-order valence-corrected chi connectivity index (χ3v) is 6.02. The Bertz CT molecular complexity index is 731. The Morgan fingerprint density at radius 2 is 0.800 bits per heavy atom.